The molecule has 2 N–H and O–H groups in total. The highest BCUT2D eigenvalue weighted by atomic mass is 16.4. The third kappa shape index (κ3) is 2.58. The molecule has 0 radical (unpaired) electrons. The molecule has 2 rings (SSSR count). The topological polar surface area (TPSA) is 62.2 Å². The van der Waals surface area contributed by atoms with Crippen molar-refractivity contribution in [2.24, 2.45) is 5.92 Å². The van der Waals surface area contributed by atoms with Gasteiger partial charge in [0.05, 0.1) is 11.3 Å². The molecule has 0 spiro atoms. The van der Waals surface area contributed by atoms with Crippen LogP contribution in [0, 0.1) is 5.92 Å². The van der Waals surface area contributed by atoms with E-state index in [0.717, 1.165) is 18.2 Å². The van der Waals surface area contributed by atoms with Crippen molar-refractivity contribution < 1.29 is 9.90 Å². The molecule has 1 aliphatic rings. The molecule has 0 unspecified atom stereocenters. The average molecular weight is 220 g/mol. The van der Waals surface area contributed by atoms with E-state index in [-0.39, 0.29) is 5.56 Å². The predicted octanol–water partition coefficient (Wildman–Crippen LogP) is 1.67. The maximum atomic E-state index is 10.6. The standard InChI is InChI=1S/C12H16N2O2/c1-8-4-11(5-8)14-7-10-3-2-9(6-13-10)12(15)16/h2-3,6,8,11,14H,4-5,7H2,1H3,(H,15,16). The van der Waals surface area contributed by atoms with E-state index in [2.05, 4.69) is 17.2 Å². The van der Waals surface area contributed by atoms with E-state index in [0.29, 0.717) is 6.04 Å². The lowest BCUT2D eigenvalue weighted by atomic mass is 9.82. The van der Waals surface area contributed by atoms with Gasteiger partial charge in [0.25, 0.3) is 0 Å². The van der Waals surface area contributed by atoms with E-state index in [1.54, 1.807) is 12.1 Å². The summed E-state index contributed by atoms with van der Waals surface area (Å²) >= 11 is 0. The maximum absolute atomic E-state index is 10.6. The van der Waals surface area contributed by atoms with Gasteiger partial charge in [0.2, 0.25) is 0 Å². The molecule has 0 amide bonds. The van der Waals surface area contributed by atoms with Gasteiger partial charge >= 0.3 is 5.97 Å². The van der Waals surface area contributed by atoms with Crippen LogP contribution in [0.2, 0.25) is 0 Å². The second kappa shape index (κ2) is 4.61. The zero-order chi connectivity index (χ0) is 11.5. The highest BCUT2D eigenvalue weighted by Gasteiger charge is 2.24. The Kier molecular flexibility index (Phi) is 3.19. The third-order valence-electron chi connectivity index (χ3n) is 3.02. The number of hydrogen-bond acceptors (Lipinski definition) is 3. The number of carbonyl (C=O) groups is 1. The van der Waals surface area contributed by atoms with Gasteiger partial charge in [-0.15, -0.1) is 0 Å². The number of pyridine rings is 1. The van der Waals surface area contributed by atoms with E-state index < -0.39 is 5.97 Å². The quantitative estimate of drug-likeness (QED) is 0.810. The summed E-state index contributed by atoms with van der Waals surface area (Å²) in [7, 11) is 0. The first-order valence-electron chi connectivity index (χ1n) is 5.57. The van der Waals surface area contributed by atoms with Crippen molar-refractivity contribution in [2.45, 2.75) is 32.4 Å². The lowest BCUT2D eigenvalue weighted by Crippen LogP contribution is -2.39. The summed E-state index contributed by atoms with van der Waals surface area (Å²) in [6.45, 7) is 2.97. The smallest absolute Gasteiger partial charge is 0.337 e. The molecule has 0 atom stereocenters. The Hall–Kier alpha value is -1.42. The van der Waals surface area contributed by atoms with E-state index in [4.69, 9.17) is 5.11 Å². The van der Waals surface area contributed by atoms with Crippen molar-refractivity contribution >= 4 is 5.97 Å². The molecule has 86 valence electrons. The van der Waals surface area contributed by atoms with Gasteiger partial charge in [-0.25, -0.2) is 4.79 Å². The summed E-state index contributed by atoms with van der Waals surface area (Å²) in [6, 6.07) is 3.96. The van der Waals surface area contributed by atoms with Gasteiger partial charge in [0, 0.05) is 18.8 Å². The second-order valence-electron chi connectivity index (χ2n) is 4.50. The Bertz CT molecular complexity index is 369. The van der Waals surface area contributed by atoms with Gasteiger partial charge in [-0.1, -0.05) is 6.92 Å². The number of carboxylic acids is 1. The number of rotatable bonds is 4. The molecule has 1 saturated carbocycles. The number of aromatic nitrogens is 1. The Morgan fingerprint density at radius 2 is 2.31 bits per heavy atom. The van der Waals surface area contributed by atoms with Crippen LogP contribution in [0.15, 0.2) is 18.3 Å². The zero-order valence-electron chi connectivity index (χ0n) is 9.31. The SMILES string of the molecule is CC1CC(NCc2ccc(C(=O)O)cn2)C1. The first-order chi connectivity index (χ1) is 7.65. The molecule has 0 aromatic carbocycles. The number of aromatic carboxylic acids is 1. The first-order valence-corrected chi connectivity index (χ1v) is 5.57. The molecule has 1 aromatic heterocycles. The van der Waals surface area contributed by atoms with Crippen LogP contribution in [0.1, 0.15) is 35.8 Å². The minimum Gasteiger partial charge on any atom is -0.478 e. The third-order valence-corrected chi connectivity index (χ3v) is 3.02. The van der Waals surface area contributed by atoms with Crippen molar-refractivity contribution in [3.63, 3.8) is 0 Å². The largest absolute Gasteiger partial charge is 0.478 e. The van der Waals surface area contributed by atoms with Crippen LogP contribution in [0.25, 0.3) is 0 Å². The molecule has 1 aromatic rings. The van der Waals surface area contributed by atoms with Crippen molar-refractivity contribution in [1.82, 2.24) is 10.3 Å². The first kappa shape index (κ1) is 11.1. The molecule has 16 heavy (non-hydrogen) atoms. The lowest BCUT2D eigenvalue weighted by Gasteiger charge is -2.33. The number of carboxylic acid groups (broad SMARTS) is 1. The van der Waals surface area contributed by atoms with Crippen LogP contribution in [-0.4, -0.2) is 22.1 Å². The second-order valence-corrected chi connectivity index (χ2v) is 4.50. The van der Waals surface area contributed by atoms with Crippen molar-refractivity contribution in [2.75, 3.05) is 0 Å². The fourth-order valence-corrected chi connectivity index (χ4v) is 1.97. The Morgan fingerprint density at radius 3 is 2.81 bits per heavy atom. The lowest BCUT2D eigenvalue weighted by molar-refractivity contribution is 0.0696. The van der Waals surface area contributed by atoms with Gasteiger partial charge in [0.1, 0.15) is 0 Å². The number of nitrogens with one attached hydrogen (secondary N) is 1. The highest BCUT2D eigenvalue weighted by Crippen LogP contribution is 2.26. The summed E-state index contributed by atoms with van der Waals surface area (Å²) < 4.78 is 0. The summed E-state index contributed by atoms with van der Waals surface area (Å²) in [5, 5.41) is 12.1. The van der Waals surface area contributed by atoms with Crippen LogP contribution in [0.3, 0.4) is 0 Å². The van der Waals surface area contributed by atoms with Crippen LogP contribution in [0.5, 0.6) is 0 Å². The van der Waals surface area contributed by atoms with E-state index in [1.165, 1.54) is 19.0 Å². The Labute approximate surface area is 94.7 Å². The van der Waals surface area contributed by atoms with Gasteiger partial charge in [-0.2, -0.15) is 0 Å². The van der Waals surface area contributed by atoms with Gasteiger partial charge in [-0.3, -0.25) is 4.98 Å². The minimum atomic E-state index is -0.931. The summed E-state index contributed by atoms with van der Waals surface area (Å²) in [4.78, 5) is 14.7. The molecule has 0 saturated heterocycles. The fraction of sp³-hybridized carbons (Fsp3) is 0.500. The molecule has 1 fully saturated rings. The van der Waals surface area contributed by atoms with Crippen LogP contribution < -0.4 is 5.32 Å². The van der Waals surface area contributed by atoms with Gasteiger partial charge in [0.15, 0.2) is 0 Å². The molecule has 4 nitrogen and oxygen atoms in total. The van der Waals surface area contributed by atoms with Crippen LogP contribution in [0.4, 0.5) is 0 Å². The normalized spacial score (nSPS) is 23.8. The van der Waals surface area contributed by atoms with Crippen molar-refractivity contribution in [3.8, 4) is 0 Å². The average Bonchev–Trinajstić information content (AvgIpc) is 2.23. The summed E-state index contributed by atoms with van der Waals surface area (Å²) in [5.74, 6) is -0.0975. The molecule has 0 aliphatic heterocycles. The highest BCUT2D eigenvalue weighted by molar-refractivity contribution is 5.87. The van der Waals surface area contributed by atoms with E-state index in [1.807, 2.05) is 0 Å². The van der Waals surface area contributed by atoms with E-state index in [9.17, 15) is 4.79 Å². The monoisotopic (exact) mass is 220 g/mol. The van der Waals surface area contributed by atoms with Crippen molar-refractivity contribution in [3.05, 3.63) is 29.6 Å². The van der Waals surface area contributed by atoms with Crippen LogP contribution >= 0.6 is 0 Å². The molecular weight excluding hydrogens is 204 g/mol. The van der Waals surface area contributed by atoms with Gasteiger partial charge < -0.3 is 10.4 Å². The minimum absolute atomic E-state index is 0.237. The predicted molar refractivity (Wildman–Crippen MR) is 60.2 cm³/mol. The fourth-order valence-electron chi connectivity index (χ4n) is 1.97. The van der Waals surface area contributed by atoms with E-state index >= 15 is 0 Å². The molecule has 0 bridgehead atoms. The van der Waals surface area contributed by atoms with Gasteiger partial charge in [-0.05, 0) is 30.9 Å². The molecular formula is C12H16N2O2. The summed E-state index contributed by atoms with van der Waals surface area (Å²) in [6.07, 6.45) is 3.86. The Morgan fingerprint density at radius 1 is 1.56 bits per heavy atom. The van der Waals surface area contributed by atoms with Crippen LogP contribution in [-0.2, 0) is 6.54 Å². The van der Waals surface area contributed by atoms with Crippen molar-refractivity contribution in [1.29, 1.82) is 0 Å². The molecule has 1 aliphatic carbocycles. The summed E-state index contributed by atoms with van der Waals surface area (Å²) in [5.41, 5.74) is 1.13. The molecule has 4 heteroatoms. The zero-order valence-corrected chi connectivity index (χ0v) is 9.31. The molecule has 1 heterocycles. The number of nitrogens with zero attached hydrogens (tertiary/aromatic N) is 1. The number of hydrogen-bond donors (Lipinski definition) is 2. The Balaban J connectivity index is 1.83. The maximum Gasteiger partial charge on any atom is 0.337 e.